The van der Waals surface area contributed by atoms with Gasteiger partial charge in [-0.15, -0.1) is 0 Å². The largest absolute Gasteiger partial charge is 0.497 e. The van der Waals surface area contributed by atoms with Crippen molar-refractivity contribution in [3.63, 3.8) is 0 Å². The summed E-state index contributed by atoms with van der Waals surface area (Å²) < 4.78 is 5.14. The van der Waals surface area contributed by atoms with Gasteiger partial charge in [0.15, 0.2) is 0 Å². The van der Waals surface area contributed by atoms with E-state index in [0.29, 0.717) is 5.69 Å². The third-order valence-electron chi connectivity index (χ3n) is 4.34. The van der Waals surface area contributed by atoms with E-state index in [1.165, 1.54) is 0 Å². The Bertz CT molecular complexity index is 779. The van der Waals surface area contributed by atoms with Crippen LogP contribution in [0.25, 0.3) is 0 Å². The number of aryl methyl sites for hydroxylation is 2. The van der Waals surface area contributed by atoms with Crippen molar-refractivity contribution in [2.75, 3.05) is 12.4 Å². The topological polar surface area (TPSA) is 67.4 Å². The molecule has 1 fully saturated rings. The lowest BCUT2D eigenvalue weighted by molar-refractivity contribution is -0.136. The van der Waals surface area contributed by atoms with Crippen LogP contribution in [0.15, 0.2) is 42.5 Å². The molecule has 2 aromatic carbocycles. The van der Waals surface area contributed by atoms with Crippen molar-refractivity contribution in [3.8, 4) is 5.75 Å². The Labute approximate surface area is 147 Å². The van der Waals surface area contributed by atoms with Crippen LogP contribution in [0, 0.1) is 13.8 Å². The van der Waals surface area contributed by atoms with Crippen molar-refractivity contribution in [2.24, 2.45) is 0 Å². The van der Waals surface area contributed by atoms with Gasteiger partial charge in [-0.05, 0) is 61.2 Å². The van der Waals surface area contributed by atoms with E-state index in [1.54, 1.807) is 7.11 Å². The van der Waals surface area contributed by atoms with Gasteiger partial charge in [0, 0.05) is 17.6 Å². The highest BCUT2D eigenvalue weighted by Gasteiger charge is 2.40. The average Bonchev–Trinajstić information content (AvgIpc) is 3.33. The molecule has 2 aromatic rings. The normalized spacial score (nSPS) is 18.4. The predicted octanol–water partition coefficient (Wildman–Crippen LogP) is 2.92. The molecule has 0 spiro atoms. The van der Waals surface area contributed by atoms with Gasteiger partial charge < -0.3 is 15.4 Å². The van der Waals surface area contributed by atoms with Crippen molar-refractivity contribution >= 4 is 17.5 Å². The Morgan fingerprint density at radius 3 is 2.24 bits per heavy atom. The minimum absolute atomic E-state index is 0.00545. The zero-order valence-electron chi connectivity index (χ0n) is 14.6. The Kier molecular flexibility index (Phi) is 4.74. The third-order valence-corrected chi connectivity index (χ3v) is 4.34. The number of benzene rings is 2. The molecule has 2 atom stereocenters. The van der Waals surface area contributed by atoms with E-state index in [9.17, 15) is 9.59 Å². The van der Waals surface area contributed by atoms with Crippen molar-refractivity contribution in [1.82, 2.24) is 5.32 Å². The number of methoxy groups -OCH3 is 1. The number of carbonyl (C=O) groups excluding carboxylic acids is 2. The van der Waals surface area contributed by atoms with Gasteiger partial charge in [-0.25, -0.2) is 0 Å². The third kappa shape index (κ3) is 4.18. The summed E-state index contributed by atoms with van der Waals surface area (Å²) in [6.45, 7) is 3.90. The minimum atomic E-state index is -0.634. The first-order chi connectivity index (χ1) is 12.0. The molecule has 5 nitrogen and oxygen atoms in total. The van der Waals surface area contributed by atoms with Gasteiger partial charge in [0.2, 0.25) is 0 Å². The summed E-state index contributed by atoms with van der Waals surface area (Å²) in [6.07, 6.45) is 0.842. The molecule has 2 N–H and O–H groups in total. The standard InChI is InChI=1S/C20H22N2O3/c1-12-8-13(2)10-15(9-12)21-19(23)20(24)22-18-11-17(18)14-4-6-16(25-3)7-5-14/h4-10,17-18H,11H2,1-3H3,(H,21,23)(H,22,24)/t17-,18-/m1/s1. The van der Waals surface area contributed by atoms with E-state index >= 15 is 0 Å². The number of rotatable bonds is 4. The minimum Gasteiger partial charge on any atom is -0.497 e. The zero-order chi connectivity index (χ0) is 18.0. The molecule has 0 radical (unpaired) electrons. The molecule has 1 aliphatic rings. The van der Waals surface area contributed by atoms with Crippen molar-refractivity contribution in [3.05, 3.63) is 59.2 Å². The van der Waals surface area contributed by atoms with Gasteiger partial charge in [-0.2, -0.15) is 0 Å². The lowest BCUT2D eigenvalue weighted by Crippen LogP contribution is -2.37. The van der Waals surface area contributed by atoms with Crippen LogP contribution in [0.1, 0.15) is 29.0 Å². The van der Waals surface area contributed by atoms with Crippen molar-refractivity contribution < 1.29 is 14.3 Å². The summed E-state index contributed by atoms with van der Waals surface area (Å²) in [6, 6.07) is 13.5. The molecule has 0 unspecified atom stereocenters. The fourth-order valence-corrected chi connectivity index (χ4v) is 3.04. The summed E-state index contributed by atoms with van der Waals surface area (Å²) in [5, 5.41) is 5.46. The molecule has 25 heavy (non-hydrogen) atoms. The Morgan fingerprint density at radius 2 is 1.64 bits per heavy atom. The molecule has 0 aliphatic heterocycles. The number of ether oxygens (including phenoxy) is 1. The second-order valence-electron chi connectivity index (χ2n) is 6.53. The van der Waals surface area contributed by atoms with Gasteiger partial charge in [0.05, 0.1) is 7.11 Å². The molecule has 3 rings (SSSR count). The van der Waals surface area contributed by atoms with E-state index in [1.807, 2.05) is 56.3 Å². The molecular formula is C20H22N2O3. The Morgan fingerprint density at radius 1 is 1.00 bits per heavy atom. The molecule has 0 saturated heterocycles. The lowest BCUT2D eigenvalue weighted by Gasteiger charge is -2.08. The van der Waals surface area contributed by atoms with E-state index in [-0.39, 0.29) is 12.0 Å². The second-order valence-corrected chi connectivity index (χ2v) is 6.53. The highest BCUT2D eigenvalue weighted by Crippen LogP contribution is 2.41. The van der Waals surface area contributed by atoms with E-state index in [4.69, 9.17) is 4.74 Å². The first-order valence-electron chi connectivity index (χ1n) is 8.30. The van der Waals surface area contributed by atoms with Crippen LogP contribution >= 0.6 is 0 Å². The van der Waals surface area contributed by atoms with Crippen LogP contribution in [0.3, 0.4) is 0 Å². The van der Waals surface area contributed by atoms with Gasteiger partial charge in [-0.1, -0.05) is 18.2 Å². The second kappa shape index (κ2) is 6.97. The molecule has 130 valence electrons. The van der Waals surface area contributed by atoms with Gasteiger partial charge >= 0.3 is 11.8 Å². The zero-order valence-corrected chi connectivity index (χ0v) is 14.6. The first-order valence-corrected chi connectivity index (χ1v) is 8.30. The molecule has 0 heterocycles. The maximum absolute atomic E-state index is 12.1. The highest BCUT2D eigenvalue weighted by atomic mass is 16.5. The average molecular weight is 338 g/mol. The maximum Gasteiger partial charge on any atom is 0.313 e. The van der Waals surface area contributed by atoms with Crippen molar-refractivity contribution in [1.29, 1.82) is 0 Å². The number of anilines is 1. The predicted molar refractivity (Wildman–Crippen MR) is 96.8 cm³/mol. The number of hydrogen-bond donors (Lipinski definition) is 2. The SMILES string of the molecule is COc1ccc([C@H]2C[C@H]2NC(=O)C(=O)Nc2cc(C)cc(C)c2)cc1. The summed E-state index contributed by atoms with van der Waals surface area (Å²) in [4.78, 5) is 24.2. The number of hydrogen-bond acceptors (Lipinski definition) is 3. The van der Waals surface area contributed by atoms with E-state index in [2.05, 4.69) is 10.6 Å². The van der Waals surface area contributed by atoms with Crippen LogP contribution in [0.2, 0.25) is 0 Å². The van der Waals surface area contributed by atoms with Gasteiger partial charge in [-0.3, -0.25) is 9.59 Å². The monoisotopic (exact) mass is 338 g/mol. The van der Waals surface area contributed by atoms with E-state index in [0.717, 1.165) is 28.9 Å². The summed E-state index contributed by atoms with van der Waals surface area (Å²) in [5.41, 5.74) is 3.86. The summed E-state index contributed by atoms with van der Waals surface area (Å²) >= 11 is 0. The number of carbonyl (C=O) groups is 2. The summed E-state index contributed by atoms with van der Waals surface area (Å²) in [5.74, 6) is -0.174. The maximum atomic E-state index is 12.1. The molecule has 5 heteroatoms. The molecule has 1 saturated carbocycles. The fraction of sp³-hybridized carbons (Fsp3) is 0.300. The smallest absolute Gasteiger partial charge is 0.313 e. The van der Waals surface area contributed by atoms with Crippen molar-refractivity contribution in [2.45, 2.75) is 32.2 Å². The molecule has 2 amide bonds. The first kappa shape index (κ1) is 17.0. The van der Waals surface area contributed by atoms with Crippen LogP contribution in [0.4, 0.5) is 5.69 Å². The number of amides is 2. The van der Waals surface area contributed by atoms with Crippen LogP contribution in [-0.2, 0) is 9.59 Å². The molecular weight excluding hydrogens is 316 g/mol. The van der Waals surface area contributed by atoms with Gasteiger partial charge in [0.25, 0.3) is 0 Å². The fourth-order valence-electron chi connectivity index (χ4n) is 3.04. The Balaban J connectivity index is 1.54. The molecule has 1 aliphatic carbocycles. The van der Waals surface area contributed by atoms with E-state index < -0.39 is 11.8 Å². The number of nitrogens with one attached hydrogen (secondary N) is 2. The van der Waals surface area contributed by atoms with Crippen LogP contribution in [-0.4, -0.2) is 25.0 Å². The quantitative estimate of drug-likeness (QED) is 0.842. The van der Waals surface area contributed by atoms with Crippen LogP contribution < -0.4 is 15.4 Å². The van der Waals surface area contributed by atoms with Crippen LogP contribution in [0.5, 0.6) is 5.75 Å². The highest BCUT2D eigenvalue weighted by molar-refractivity contribution is 6.39. The van der Waals surface area contributed by atoms with Gasteiger partial charge in [0.1, 0.15) is 5.75 Å². The molecule has 0 bridgehead atoms. The molecule has 0 aromatic heterocycles. The Hall–Kier alpha value is -2.82. The summed E-state index contributed by atoms with van der Waals surface area (Å²) in [7, 11) is 1.63. The lowest BCUT2D eigenvalue weighted by atomic mass is 10.1.